The fourth-order valence-corrected chi connectivity index (χ4v) is 5.06. The highest BCUT2D eigenvalue weighted by Gasteiger charge is 2.51. The first-order chi connectivity index (χ1) is 12.2. The van der Waals surface area contributed by atoms with Gasteiger partial charge >= 0.3 is 0 Å². The van der Waals surface area contributed by atoms with E-state index in [9.17, 15) is 9.90 Å². The molecule has 6 heteroatoms. The van der Waals surface area contributed by atoms with Gasteiger partial charge in [-0.05, 0) is 57.9 Å². The van der Waals surface area contributed by atoms with E-state index in [0.29, 0.717) is 11.9 Å². The highest BCUT2D eigenvalue weighted by atomic mass is 16.3. The smallest absolute Gasteiger partial charge is 0.243 e. The van der Waals surface area contributed by atoms with E-state index in [1.807, 2.05) is 12.4 Å². The summed E-state index contributed by atoms with van der Waals surface area (Å²) in [6.07, 6.45) is 12.7. The lowest BCUT2D eigenvalue weighted by Crippen LogP contribution is -2.62. The van der Waals surface area contributed by atoms with E-state index in [0.717, 1.165) is 76.6 Å². The van der Waals surface area contributed by atoms with Gasteiger partial charge < -0.3 is 10.0 Å². The molecule has 1 spiro atoms. The Bertz CT molecular complexity index is 603. The fraction of sp³-hybridized carbons (Fsp3) is 0.737. The molecule has 136 valence electrons. The van der Waals surface area contributed by atoms with Crippen LogP contribution in [0.15, 0.2) is 18.7 Å². The lowest BCUT2D eigenvalue weighted by Gasteiger charge is -2.48. The average Bonchev–Trinajstić information content (AvgIpc) is 3.02. The molecule has 1 aromatic rings. The summed E-state index contributed by atoms with van der Waals surface area (Å²) in [7, 11) is 0. The zero-order valence-corrected chi connectivity index (χ0v) is 14.8. The predicted octanol–water partition coefficient (Wildman–Crippen LogP) is 1.74. The molecule has 1 saturated carbocycles. The van der Waals surface area contributed by atoms with Gasteiger partial charge in [-0.15, -0.1) is 0 Å². The maximum Gasteiger partial charge on any atom is 0.243 e. The van der Waals surface area contributed by atoms with Crippen LogP contribution in [0.2, 0.25) is 0 Å². The van der Waals surface area contributed by atoms with Crippen molar-refractivity contribution in [3.05, 3.63) is 24.3 Å². The second kappa shape index (κ2) is 7.00. The molecule has 1 aromatic heterocycles. The zero-order chi connectivity index (χ0) is 17.3. The molecule has 3 aliphatic rings. The summed E-state index contributed by atoms with van der Waals surface area (Å²) in [5.74, 6) is 0.328. The van der Waals surface area contributed by atoms with E-state index in [1.165, 1.54) is 0 Å². The van der Waals surface area contributed by atoms with Gasteiger partial charge in [0, 0.05) is 37.1 Å². The first-order valence-corrected chi connectivity index (χ1v) is 9.67. The van der Waals surface area contributed by atoms with Crippen molar-refractivity contribution in [2.24, 2.45) is 0 Å². The molecular formula is C19H28N4O2. The van der Waals surface area contributed by atoms with Crippen LogP contribution >= 0.6 is 0 Å². The molecule has 1 unspecified atom stereocenters. The SMILES string of the molecule is O=C1N(C2CCC(O)CC2)CCCC12CCCN2Cc1cncnc1. The Labute approximate surface area is 149 Å². The van der Waals surface area contributed by atoms with Crippen molar-refractivity contribution in [2.75, 3.05) is 13.1 Å². The van der Waals surface area contributed by atoms with Crippen molar-refractivity contribution in [2.45, 2.75) is 75.6 Å². The van der Waals surface area contributed by atoms with Gasteiger partial charge in [0.1, 0.15) is 11.9 Å². The molecule has 4 rings (SSSR count). The van der Waals surface area contributed by atoms with Crippen molar-refractivity contribution in [3.63, 3.8) is 0 Å². The van der Waals surface area contributed by atoms with Crippen LogP contribution in [0.25, 0.3) is 0 Å². The number of carbonyl (C=O) groups excluding carboxylic acids is 1. The number of amides is 1. The minimum atomic E-state index is -0.329. The Morgan fingerprint density at radius 3 is 2.48 bits per heavy atom. The number of aromatic nitrogens is 2. The van der Waals surface area contributed by atoms with Gasteiger partial charge in [-0.2, -0.15) is 0 Å². The summed E-state index contributed by atoms with van der Waals surface area (Å²) >= 11 is 0. The standard InChI is InChI=1S/C19H28N4O2/c24-17-5-3-16(4-6-17)23-10-2-8-19(18(23)25)7-1-9-22(19)13-15-11-20-14-21-12-15/h11-12,14,16-17,24H,1-10,13H2. The summed E-state index contributed by atoms with van der Waals surface area (Å²) < 4.78 is 0. The van der Waals surface area contributed by atoms with Crippen molar-refractivity contribution < 1.29 is 9.90 Å². The maximum atomic E-state index is 13.5. The average molecular weight is 344 g/mol. The van der Waals surface area contributed by atoms with Crippen molar-refractivity contribution in [1.82, 2.24) is 19.8 Å². The van der Waals surface area contributed by atoms with Crippen molar-refractivity contribution >= 4 is 5.91 Å². The topological polar surface area (TPSA) is 69.6 Å². The van der Waals surface area contributed by atoms with E-state index in [1.54, 1.807) is 6.33 Å². The Hall–Kier alpha value is -1.53. The number of likely N-dealkylation sites (tertiary alicyclic amines) is 2. The molecule has 1 amide bonds. The summed E-state index contributed by atoms with van der Waals surface area (Å²) in [5, 5.41) is 9.78. The normalized spacial score (nSPS) is 34.0. The summed E-state index contributed by atoms with van der Waals surface area (Å²) in [4.78, 5) is 26.3. The molecule has 2 aliphatic heterocycles. The molecule has 6 nitrogen and oxygen atoms in total. The predicted molar refractivity (Wildman–Crippen MR) is 93.6 cm³/mol. The first-order valence-electron chi connectivity index (χ1n) is 9.67. The minimum Gasteiger partial charge on any atom is -0.393 e. The number of aliphatic hydroxyl groups is 1. The van der Waals surface area contributed by atoms with Crippen LogP contribution in [-0.4, -0.2) is 61.6 Å². The highest BCUT2D eigenvalue weighted by Crippen LogP contribution is 2.40. The van der Waals surface area contributed by atoms with E-state index in [2.05, 4.69) is 19.8 Å². The highest BCUT2D eigenvalue weighted by molar-refractivity contribution is 5.87. The molecule has 0 bridgehead atoms. The summed E-state index contributed by atoms with van der Waals surface area (Å²) in [5.41, 5.74) is 0.749. The third-order valence-corrected chi connectivity index (χ3v) is 6.37. The lowest BCUT2D eigenvalue weighted by molar-refractivity contribution is -0.152. The van der Waals surface area contributed by atoms with Gasteiger partial charge in [-0.3, -0.25) is 9.69 Å². The van der Waals surface area contributed by atoms with Crippen LogP contribution in [-0.2, 0) is 11.3 Å². The second-order valence-corrected chi connectivity index (χ2v) is 7.87. The number of nitrogens with zero attached hydrogens (tertiary/aromatic N) is 4. The number of hydrogen-bond donors (Lipinski definition) is 1. The van der Waals surface area contributed by atoms with Gasteiger partial charge in [0.25, 0.3) is 0 Å². The largest absolute Gasteiger partial charge is 0.393 e. The number of rotatable bonds is 3. The van der Waals surface area contributed by atoms with Crippen LogP contribution in [0.5, 0.6) is 0 Å². The van der Waals surface area contributed by atoms with Crippen molar-refractivity contribution in [1.29, 1.82) is 0 Å². The summed E-state index contributed by atoms with van der Waals surface area (Å²) in [6.45, 7) is 2.60. The zero-order valence-electron chi connectivity index (χ0n) is 14.8. The number of hydrogen-bond acceptors (Lipinski definition) is 5. The van der Waals surface area contributed by atoms with Gasteiger partial charge in [0.05, 0.1) is 6.10 Å². The van der Waals surface area contributed by atoms with Gasteiger partial charge in [-0.1, -0.05) is 0 Å². The first kappa shape index (κ1) is 16.9. The van der Waals surface area contributed by atoms with Gasteiger partial charge in [0.15, 0.2) is 0 Å². The van der Waals surface area contributed by atoms with E-state index >= 15 is 0 Å². The molecule has 3 heterocycles. The molecular weight excluding hydrogens is 316 g/mol. The third-order valence-electron chi connectivity index (χ3n) is 6.37. The van der Waals surface area contributed by atoms with Gasteiger partial charge in [-0.25, -0.2) is 9.97 Å². The van der Waals surface area contributed by atoms with Crippen LogP contribution < -0.4 is 0 Å². The quantitative estimate of drug-likeness (QED) is 0.904. The Morgan fingerprint density at radius 2 is 1.76 bits per heavy atom. The van der Waals surface area contributed by atoms with Crippen LogP contribution in [0.4, 0.5) is 0 Å². The number of aliphatic hydroxyl groups excluding tert-OH is 1. The monoisotopic (exact) mass is 344 g/mol. The maximum absolute atomic E-state index is 13.5. The van der Waals surface area contributed by atoms with E-state index in [-0.39, 0.29) is 11.6 Å². The van der Waals surface area contributed by atoms with Crippen LogP contribution in [0.3, 0.4) is 0 Å². The Kier molecular flexibility index (Phi) is 4.73. The molecule has 0 aromatic carbocycles. The van der Waals surface area contributed by atoms with E-state index < -0.39 is 0 Å². The Balaban J connectivity index is 1.52. The number of carbonyl (C=O) groups is 1. The molecule has 1 N–H and O–H groups in total. The van der Waals surface area contributed by atoms with Gasteiger partial charge in [0.2, 0.25) is 5.91 Å². The molecule has 2 saturated heterocycles. The lowest BCUT2D eigenvalue weighted by atomic mass is 9.82. The molecule has 1 atom stereocenters. The molecule has 0 radical (unpaired) electrons. The second-order valence-electron chi connectivity index (χ2n) is 7.87. The van der Waals surface area contributed by atoms with Crippen LogP contribution in [0.1, 0.15) is 56.9 Å². The number of piperidine rings is 1. The Morgan fingerprint density at radius 1 is 1.08 bits per heavy atom. The van der Waals surface area contributed by atoms with Crippen LogP contribution in [0, 0.1) is 0 Å². The molecule has 3 fully saturated rings. The molecule has 1 aliphatic carbocycles. The minimum absolute atomic E-state index is 0.175. The third kappa shape index (κ3) is 3.17. The van der Waals surface area contributed by atoms with E-state index in [4.69, 9.17) is 0 Å². The summed E-state index contributed by atoms with van der Waals surface area (Å²) in [6, 6.07) is 0.315. The molecule has 25 heavy (non-hydrogen) atoms. The van der Waals surface area contributed by atoms with Crippen molar-refractivity contribution in [3.8, 4) is 0 Å². The fourth-order valence-electron chi connectivity index (χ4n) is 5.06.